The summed E-state index contributed by atoms with van der Waals surface area (Å²) in [6.07, 6.45) is 4.04. The molecule has 0 spiro atoms. The van der Waals surface area contributed by atoms with E-state index in [1.54, 1.807) is 6.26 Å². The number of hydrogen-bond acceptors (Lipinski definition) is 3. The standard InChI is InChI=1S/C7H11NO2/c1-4-10-7(1)8-2-5-9-6-3-8/h1,4,7H,2-3,5-6H2. The summed E-state index contributed by atoms with van der Waals surface area (Å²) in [7, 11) is 0. The molecule has 2 heterocycles. The van der Waals surface area contributed by atoms with Crippen LogP contribution in [0.3, 0.4) is 0 Å². The fourth-order valence-electron chi connectivity index (χ4n) is 1.19. The number of hydrogen-bond donors (Lipinski definition) is 0. The third-order valence-corrected chi connectivity index (χ3v) is 1.87. The highest BCUT2D eigenvalue weighted by Crippen LogP contribution is 2.13. The number of nitrogens with zero attached hydrogens (tertiary/aromatic N) is 1. The summed E-state index contributed by atoms with van der Waals surface area (Å²) >= 11 is 0. The highest BCUT2D eigenvalue weighted by atomic mass is 16.5. The third kappa shape index (κ3) is 1.02. The summed E-state index contributed by atoms with van der Waals surface area (Å²) in [6.45, 7) is 3.67. The van der Waals surface area contributed by atoms with Gasteiger partial charge in [0.2, 0.25) is 0 Å². The molecule has 1 saturated heterocycles. The molecule has 0 aromatic rings. The molecule has 1 unspecified atom stereocenters. The van der Waals surface area contributed by atoms with Crippen LogP contribution in [0, 0.1) is 0 Å². The Morgan fingerprint density at radius 2 is 2.00 bits per heavy atom. The van der Waals surface area contributed by atoms with Crippen LogP contribution in [0.15, 0.2) is 12.3 Å². The van der Waals surface area contributed by atoms with Gasteiger partial charge in [0.05, 0.1) is 19.5 Å². The maximum atomic E-state index is 5.20. The van der Waals surface area contributed by atoms with Crippen LogP contribution in [0.2, 0.25) is 0 Å². The molecule has 1 atom stereocenters. The van der Waals surface area contributed by atoms with E-state index in [0.717, 1.165) is 26.3 Å². The van der Waals surface area contributed by atoms with Crippen LogP contribution in [0.4, 0.5) is 0 Å². The Balaban J connectivity index is 1.85. The summed E-state index contributed by atoms with van der Waals surface area (Å²) in [5.41, 5.74) is 0. The molecule has 0 N–H and O–H groups in total. The number of rotatable bonds is 1. The van der Waals surface area contributed by atoms with Gasteiger partial charge in [0, 0.05) is 19.2 Å². The lowest BCUT2D eigenvalue weighted by molar-refractivity contribution is -0.0607. The molecule has 0 bridgehead atoms. The lowest BCUT2D eigenvalue weighted by Crippen LogP contribution is -2.45. The molecular weight excluding hydrogens is 130 g/mol. The first-order valence-electron chi connectivity index (χ1n) is 3.61. The molecule has 0 aliphatic carbocycles. The predicted octanol–water partition coefficient (Wildman–Crippen LogP) is 0.189. The average Bonchev–Trinajstić information content (AvgIpc) is 1.86. The van der Waals surface area contributed by atoms with Gasteiger partial charge in [0.15, 0.2) is 6.23 Å². The highest BCUT2D eigenvalue weighted by Gasteiger charge is 2.22. The van der Waals surface area contributed by atoms with E-state index in [1.165, 1.54) is 0 Å². The largest absolute Gasteiger partial charge is 0.479 e. The van der Waals surface area contributed by atoms with Crippen LogP contribution in [0.5, 0.6) is 0 Å². The van der Waals surface area contributed by atoms with E-state index in [9.17, 15) is 0 Å². The minimum Gasteiger partial charge on any atom is -0.479 e. The quantitative estimate of drug-likeness (QED) is 0.520. The van der Waals surface area contributed by atoms with E-state index in [1.807, 2.05) is 0 Å². The predicted molar refractivity (Wildman–Crippen MR) is 36.4 cm³/mol. The zero-order valence-corrected chi connectivity index (χ0v) is 5.82. The first kappa shape index (κ1) is 6.19. The van der Waals surface area contributed by atoms with Crippen LogP contribution in [0.25, 0.3) is 0 Å². The van der Waals surface area contributed by atoms with E-state index >= 15 is 0 Å². The average molecular weight is 141 g/mol. The minimum absolute atomic E-state index is 0.240. The van der Waals surface area contributed by atoms with Gasteiger partial charge in [-0.25, -0.2) is 0 Å². The molecule has 2 rings (SSSR count). The van der Waals surface area contributed by atoms with Gasteiger partial charge in [0.1, 0.15) is 0 Å². The van der Waals surface area contributed by atoms with Gasteiger partial charge < -0.3 is 9.47 Å². The molecule has 2 aliphatic rings. The SMILES string of the molecule is C1=CC(N2CCOCC2)O1. The molecule has 0 radical (unpaired) electrons. The van der Waals surface area contributed by atoms with Gasteiger partial charge in [-0.1, -0.05) is 0 Å². The second-order valence-corrected chi connectivity index (χ2v) is 2.50. The fourth-order valence-corrected chi connectivity index (χ4v) is 1.19. The zero-order valence-electron chi connectivity index (χ0n) is 5.82. The van der Waals surface area contributed by atoms with Crippen LogP contribution >= 0.6 is 0 Å². The summed E-state index contributed by atoms with van der Waals surface area (Å²) in [5.74, 6) is 0. The van der Waals surface area contributed by atoms with Crippen molar-refractivity contribution in [2.75, 3.05) is 26.3 Å². The van der Waals surface area contributed by atoms with Crippen molar-refractivity contribution in [3.63, 3.8) is 0 Å². The van der Waals surface area contributed by atoms with Gasteiger partial charge in [-0.3, -0.25) is 4.90 Å². The summed E-state index contributed by atoms with van der Waals surface area (Å²) in [5, 5.41) is 0. The van der Waals surface area contributed by atoms with E-state index < -0.39 is 0 Å². The Bertz CT molecular complexity index is 141. The molecular formula is C7H11NO2. The van der Waals surface area contributed by atoms with Crippen LogP contribution < -0.4 is 0 Å². The molecule has 2 aliphatic heterocycles. The Labute approximate surface area is 60.2 Å². The Morgan fingerprint density at radius 3 is 2.50 bits per heavy atom. The number of morpholine rings is 1. The van der Waals surface area contributed by atoms with E-state index in [0.29, 0.717) is 0 Å². The van der Waals surface area contributed by atoms with Gasteiger partial charge in [-0.05, 0) is 0 Å². The van der Waals surface area contributed by atoms with Gasteiger partial charge >= 0.3 is 0 Å². The van der Waals surface area contributed by atoms with Crippen molar-refractivity contribution in [1.82, 2.24) is 4.90 Å². The van der Waals surface area contributed by atoms with Crippen molar-refractivity contribution >= 4 is 0 Å². The lowest BCUT2D eigenvalue weighted by Gasteiger charge is -2.34. The zero-order chi connectivity index (χ0) is 6.81. The summed E-state index contributed by atoms with van der Waals surface area (Å²) in [6, 6.07) is 0. The van der Waals surface area contributed by atoms with Gasteiger partial charge in [-0.15, -0.1) is 0 Å². The molecule has 1 fully saturated rings. The maximum absolute atomic E-state index is 5.20. The molecule has 3 heteroatoms. The Morgan fingerprint density at radius 1 is 1.30 bits per heavy atom. The Hall–Kier alpha value is -0.540. The second kappa shape index (κ2) is 2.60. The topological polar surface area (TPSA) is 21.7 Å². The van der Waals surface area contributed by atoms with Crippen LogP contribution in [-0.2, 0) is 9.47 Å². The normalized spacial score (nSPS) is 33.0. The molecule has 0 aromatic heterocycles. The number of ether oxygens (including phenoxy) is 2. The van der Waals surface area contributed by atoms with Crippen molar-refractivity contribution in [3.05, 3.63) is 12.3 Å². The first-order valence-corrected chi connectivity index (χ1v) is 3.61. The maximum Gasteiger partial charge on any atom is 0.174 e. The van der Waals surface area contributed by atoms with Crippen LogP contribution in [-0.4, -0.2) is 37.4 Å². The van der Waals surface area contributed by atoms with Crippen LogP contribution in [0.1, 0.15) is 0 Å². The molecule has 10 heavy (non-hydrogen) atoms. The van der Waals surface area contributed by atoms with E-state index in [4.69, 9.17) is 9.47 Å². The van der Waals surface area contributed by atoms with Crippen molar-refractivity contribution in [2.24, 2.45) is 0 Å². The minimum atomic E-state index is 0.240. The lowest BCUT2D eigenvalue weighted by atomic mass is 10.3. The van der Waals surface area contributed by atoms with Crippen molar-refractivity contribution in [1.29, 1.82) is 0 Å². The third-order valence-electron chi connectivity index (χ3n) is 1.87. The van der Waals surface area contributed by atoms with Gasteiger partial charge in [0.25, 0.3) is 0 Å². The molecule has 0 amide bonds. The van der Waals surface area contributed by atoms with Crippen molar-refractivity contribution in [3.8, 4) is 0 Å². The molecule has 3 nitrogen and oxygen atoms in total. The Kier molecular flexibility index (Phi) is 1.61. The van der Waals surface area contributed by atoms with E-state index in [2.05, 4.69) is 11.0 Å². The molecule has 0 saturated carbocycles. The van der Waals surface area contributed by atoms with Crippen molar-refractivity contribution in [2.45, 2.75) is 6.23 Å². The monoisotopic (exact) mass is 141 g/mol. The smallest absolute Gasteiger partial charge is 0.174 e. The summed E-state index contributed by atoms with van der Waals surface area (Å²) in [4.78, 5) is 2.27. The first-order chi connectivity index (χ1) is 4.97. The summed E-state index contributed by atoms with van der Waals surface area (Å²) < 4.78 is 10.4. The van der Waals surface area contributed by atoms with E-state index in [-0.39, 0.29) is 6.23 Å². The fraction of sp³-hybridized carbons (Fsp3) is 0.714. The highest BCUT2D eigenvalue weighted by molar-refractivity contribution is 4.94. The molecule has 56 valence electrons. The molecule has 0 aromatic carbocycles. The van der Waals surface area contributed by atoms with Gasteiger partial charge in [-0.2, -0.15) is 0 Å². The second-order valence-electron chi connectivity index (χ2n) is 2.50. The van der Waals surface area contributed by atoms with Crippen molar-refractivity contribution < 1.29 is 9.47 Å².